The van der Waals surface area contributed by atoms with E-state index in [0.29, 0.717) is 24.3 Å². The van der Waals surface area contributed by atoms with E-state index < -0.39 is 0 Å². The number of carbonyl (C=O) groups is 2. The molecule has 21 heavy (non-hydrogen) atoms. The summed E-state index contributed by atoms with van der Waals surface area (Å²) in [6.45, 7) is 2.23. The van der Waals surface area contributed by atoms with Gasteiger partial charge in [0.1, 0.15) is 0 Å². The van der Waals surface area contributed by atoms with Gasteiger partial charge in [-0.25, -0.2) is 0 Å². The van der Waals surface area contributed by atoms with Gasteiger partial charge in [0.2, 0.25) is 5.91 Å². The summed E-state index contributed by atoms with van der Waals surface area (Å²) in [5.74, 6) is -0.291. The predicted octanol–water partition coefficient (Wildman–Crippen LogP) is 1.65. The number of benzene rings is 1. The summed E-state index contributed by atoms with van der Waals surface area (Å²) >= 11 is 0. The van der Waals surface area contributed by atoms with Crippen LogP contribution in [0, 0.1) is 0 Å². The van der Waals surface area contributed by atoms with Crippen molar-refractivity contribution in [1.29, 1.82) is 0 Å². The lowest BCUT2D eigenvalue weighted by atomic mass is 10.2. The van der Waals surface area contributed by atoms with Crippen LogP contribution < -0.4 is 10.6 Å². The Morgan fingerprint density at radius 2 is 1.81 bits per heavy atom. The van der Waals surface area contributed by atoms with Crippen molar-refractivity contribution in [3.8, 4) is 0 Å². The Hall–Kier alpha value is -2.69. The molecule has 5 nitrogen and oxygen atoms in total. The first-order valence-electron chi connectivity index (χ1n) is 6.66. The number of nitrogens with zero attached hydrogens (tertiary/aromatic N) is 1. The Morgan fingerprint density at radius 1 is 1.05 bits per heavy atom. The van der Waals surface area contributed by atoms with Gasteiger partial charge in [-0.3, -0.25) is 14.6 Å². The third-order valence-electron chi connectivity index (χ3n) is 2.89. The number of hydrogen-bond donors (Lipinski definition) is 2. The number of carbonyl (C=O) groups excluding carboxylic acids is 2. The summed E-state index contributed by atoms with van der Waals surface area (Å²) in [6.07, 6.45) is 1.56. The fourth-order valence-corrected chi connectivity index (χ4v) is 1.81. The second-order valence-electron chi connectivity index (χ2n) is 4.61. The smallest absolute Gasteiger partial charge is 0.251 e. The van der Waals surface area contributed by atoms with Crippen molar-refractivity contribution >= 4 is 11.8 Å². The molecule has 2 amide bonds. The fourth-order valence-electron chi connectivity index (χ4n) is 1.81. The van der Waals surface area contributed by atoms with Crippen LogP contribution >= 0.6 is 0 Å². The van der Waals surface area contributed by atoms with Gasteiger partial charge in [-0.2, -0.15) is 0 Å². The van der Waals surface area contributed by atoms with Gasteiger partial charge in [0.05, 0.1) is 12.2 Å². The Morgan fingerprint density at radius 3 is 2.52 bits per heavy atom. The first-order chi connectivity index (χ1) is 10.1. The zero-order valence-corrected chi connectivity index (χ0v) is 11.8. The second-order valence-corrected chi connectivity index (χ2v) is 4.61. The summed E-state index contributed by atoms with van der Waals surface area (Å²) in [4.78, 5) is 27.1. The molecule has 0 aliphatic carbocycles. The molecule has 0 aliphatic rings. The molecule has 2 aromatic rings. The highest BCUT2D eigenvalue weighted by Crippen LogP contribution is 2.03. The second kappa shape index (κ2) is 7.19. The lowest BCUT2D eigenvalue weighted by molar-refractivity contribution is -0.119. The molecule has 0 atom stereocenters. The predicted molar refractivity (Wildman–Crippen MR) is 79.4 cm³/mol. The van der Waals surface area contributed by atoms with Gasteiger partial charge in [0.15, 0.2) is 0 Å². The summed E-state index contributed by atoms with van der Waals surface area (Å²) in [5, 5.41) is 5.51. The van der Waals surface area contributed by atoms with Gasteiger partial charge in [0, 0.05) is 25.2 Å². The maximum atomic E-state index is 12.1. The van der Waals surface area contributed by atoms with E-state index >= 15 is 0 Å². The minimum absolute atomic E-state index is 0.129. The maximum absolute atomic E-state index is 12.1. The number of amides is 2. The number of aromatic nitrogens is 1. The minimum Gasteiger partial charge on any atom is -0.351 e. The van der Waals surface area contributed by atoms with Gasteiger partial charge in [-0.1, -0.05) is 30.3 Å². The van der Waals surface area contributed by atoms with Crippen molar-refractivity contribution in [2.45, 2.75) is 20.0 Å². The van der Waals surface area contributed by atoms with Crippen LogP contribution in [-0.4, -0.2) is 16.8 Å². The minimum atomic E-state index is -0.162. The van der Waals surface area contributed by atoms with Gasteiger partial charge in [-0.05, 0) is 17.7 Å². The van der Waals surface area contributed by atoms with Crippen molar-refractivity contribution in [2.24, 2.45) is 0 Å². The molecule has 2 rings (SSSR count). The fraction of sp³-hybridized carbons (Fsp3) is 0.188. The first kappa shape index (κ1) is 14.7. The monoisotopic (exact) mass is 283 g/mol. The highest BCUT2D eigenvalue weighted by Gasteiger charge is 2.07. The SMILES string of the molecule is CC(=O)NCc1cc(C(=O)NCc2ccccc2)ccn1. The molecule has 2 N–H and O–H groups in total. The topological polar surface area (TPSA) is 71.1 Å². The Labute approximate surface area is 123 Å². The van der Waals surface area contributed by atoms with Crippen molar-refractivity contribution in [2.75, 3.05) is 0 Å². The largest absolute Gasteiger partial charge is 0.351 e. The first-order valence-corrected chi connectivity index (χ1v) is 6.66. The third kappa shape index (κ3) is 4.72. The van der Waals surface area contributed by atoms with Crippen LogP contribution in [0.5, 0.6) is 0 Å². The van der Waals surface area contributed by atoms with Crippen molar-refractivity contribution in [1.82, 2.24) is 15.6 Å². The molecule has 108 valence electrons. The van der Waals surface area contributed by atoms with Gasteiger partial charge >= 0.3 is 0 Å². The van der Waals surface area contributed by atoms with Crippen LogP contribution in [0.1, 0.15) is 28.5 Å². The third-order valence-corrected chi connectivity index (χ3v) is 2.89. The average molecular weight is 283 g/mol. The van der Waals surface area contributed by atoms with E-state index in [2.05, 4.69) is 15.6 Å². The molecule has 0 unspecified atom stereocenters. The molecule has 0 fully saturated rings. The summed E-state index contributed by atoms with van der Waals surface area (Å²) < 4.78 is 0. The van der Waals surface area contributed by atoms with Crippen LogP contribution in [-0.2, 0) is 17.9 Å². The van der Waals surface area contributed by atoms with E-state index in [-0.39, 0.29) is 11.8 Å². The zero-order chi connectivity index (χ0) is 15.1. The van der Waals surface area contributed by atoms with Crippen LogP contribution in [0.15, 0.2) is 48.7 Å². The summed E-state index contributed by atoms with van der Waals surface area (Å²) in [7, 11) is 0. The molecule has 0 bridgehead atoms. The zero-order valence-electron chi connectivity index (χ0n) is 11.8. The van der Waals surface area contributed by atoms with Gasteiger partial charge in [0.25, 0.3) is 5.91 Å². The van der Waals surface area contributed by atoms with Gasteiger partial charge < -0.3 is 10.6 Å². The van der Waals surface area contributed by atoms with E-state index in [9.17, 15) is 9.59 Å². The molecule has 1 aromatic carbocycles. The molecular weight excluding hydrogens is 266 g/mol. The number of nitrogens with one attached hydrogen (secondary N) is 2. The molecule has 1 heterocycles. The normalized spacial score (nSPS) is 9.95. The van der Waals surface area contributed by atoms with E-state index in [1.807, 2.05) is 30.3 Å². The number of rotatable bonds is 5. The number of hydrogen-bond acceptors (Lipinski definition) is 3. The summed E-state index contributed by atoms with van der Waals surface area (Å²) in [6, 6.07) is 13.0. The van der Waals surface area contributed by atoms with E-state index in [0.717, 1.165) is 5.56 Å². The molecule has 0 spiro atoms. The average Bonchev–Trinajstić information content (AvgIpc) is 2.52. The standard InChI is InChI=1S/C16H17N3O2/c1-12(20)18-11-15-9-14(7-8-17-15)16(21)19-10-13-5-3-2-4-6-13/h2-9H,10-11H2,1H3,(H,18,20)(H,19,21). The molecule has 0 radical (unpaired) electrons. The molecule has 0 saturated heterocycles. The molecule has 1 aromatic heterocycles. The molecular formula is C16H17N3O2. The van der Waals surface area contributed by atoms with Crippen molar-refractivity contribution in [3.05, 3.63) is 65.5 Å². The molecule has 0 saturated carbocycles. The Kier molecular flexibility index (Phi) is 5.04. The lowest BCUT2D eigenvalue weighted by Gasteiger charge is -2.07. The summed E-state index contributed by atoms with van der Waals surface area (Å²) in [5.41, 5.74) is 2.22. The highest BCUT2D eigenvalue weighted by molar-refractivity contribution is 5.94. The van der Waals surface area contributed by atoms with E-state index in [1.165, 1.54) is 6.92 Å². The van der Waals surface area contributed by atoms with Gasteiger partial charge in [-0.15, -0.1) is 0 Å². The van der Waals surface area contributed by atoms with Crippen LogP contribution in [0.4, 0.5) is 0 Å². The number of pyridine rings is 1. The van der Waals surface area contributed by atoms with Crippen molar-refractivity contribution < 1.29 is 9.59 Å². The van der Waals surface area contributed by atoms with Crippen molar-refractivity contribution in [3.63, 3.8) is 0 Å². The molecule has 0 aliphatic heterocycles. The Bertz CT molecular complexity index is 626. The lowest BCUT2D eigenvalue weighted by Crippen LogP contribution is -2.24. The Balaban J connectivity index is 1.95. The molecule has 5 heteroatoms. The van der Waals surface area contributed by atoms with Crippen LogP contribution in [0.25, 0.3) is 0 Å². The van der Waals surface area contributed by atoms with Crippen LogP contribution in [0.2, 0.25) is 0 Å². The quantitative estimate of drug-likeness (QED) is 0.876. The van der Waals surface area contributed by atoms with Crippen LogP contribution in [0.3, 0.4) is 0 Å². The van der Waals surface area contributed by atoms with E-state index in [1.54, 1.807) is 18.3 Å². The van der Waals surface area contributed by atoms with E-state index in [4.69, 9.17) is 0 Å². The highest BCUT2D eigenvalue weighted by atomic mass is 16.2. The maximum Gasteiger partial charge on any atom is 0.251 e.